The molecule has 4 rings (SSSR count). The molecule has 1 amide bonds. The number of para-hydroxylation sites is 1. The number of amides is 1. The summed E-state index contributed by atoms with van der Waals surface area (Å²) in [6.45, 7) is 3.32. The summed E-state index contributed by atoms with van der Waals surface area (Å²) in [6, 6.07) is 14.6. The van der Waals surface area contributed by atoms with Gasteiger partial charge in [0, 0.05) is 41.8 Å². The number of hydrogen-bond donors (Lipinski definition) is 1. The maximum absolute atomic E-state index is 13.4. The molecule has 0 fully saturated rings. The van der Waals surface area contributed by atoms with Crippen LogP contribution in [-0.2, 0) is 22.5 Å². The molecular weight excluding hydrogens is 406 g/mol. The summed E-state index contributed by atoms with van der Waals surface area (Å²) in [5.41, 5.74) is 3.68. The highest BCUT2D eigenvalue weighted by Gasteiger charge is 2.28. The number of likely N-dealkylation sites (N-methyl/N-ethyl adjacent to an activating group) is 1. The number of methoxy groups -OCH3 is 1. The molecule has 1 aliphatic heterocycles. The van der Waals surface area contributed by atoms with Gasteiger partial charge in [-0.15, -0.1) is 0 Å². The number of carbonyl (C=O) groups is 2. The Kier molecular flexibility index (Phi) is 6.37. The van der Waals surface area contributed by atoms with Crippen molar-refractivity contribution in [2.24, 2.45) is 0 Å². The van der Waals surface area contributed by atoms with E-state index in [4.69, 9.17) is 14.5 Å². The number of anilines is 1. The molecule has 1 aliphatic rings. The number of nitrogens with one attached hydrogen (secondary N) is 1. The molecule has 1 aromatic heterocycles. The van der Waals surface area contributed by atoms with Gasteiger partial charge in [-0.1, -0.05) is 25.1 Å². The van der Waals surface area contributed by atoms with Crippen LogP contribution >= 0.6 is 0 Å². The van der Waals surface area contributed by atoms with E-state index in [9.17, 15) is 9.59 Å². The number of rotatable bonds is 6. The number of pyridine rings is 1. The predicted octanol–water partition coefficient (Wildman–Crippen LogP) is 3.81. The van der Waals surface area contributed by atoms with Gasteiger partial charge in [0.05, 0.1) is 18.2 Å². The fourth-order valence-corrected chi connectivity index (χ4v) is 3.97. The van der Waals surface area contributed by atoms with Gasteiger partial charge in [-0.2, -0.15) is 0 Å². The van der Waals surface area contributed by atoms with Crippen LogP contribution in [0.4, 0.5) is 5.69 Å². The molecule has 0 saturated heterocycles. The molecule has 1 atom stereocenters. The van der Waals surface area contributed by atoms with Crippen LogP contribution < -0.4 is 10.1 Å². The second-order valence-electron chi connectivity index (χ2n) is 7.94. The van der Waals surface area contributed by atoms with Crippen LogP contribution in [0.5, 0.6) is 5.75 Å². The third kappa shape index (κ3) is 4.43. The molecule has 7 heteroatoms. The highest BCUT2D eigenvalue weighted by atomic mass is 16.5. The molecule has 166 valence electrons. The lowest BCUT2D eigenvalue weighted by Crippen LogP contribution is -2.34. The van der Waals surface area contributed by atoms with Gasteiger partial charge in [-0.25, -0.2) is 4.79 Å². The lowest BCUT2D eigenvalue weighted by molar-refractivity contribution is -0.124. The molecule has 3 aromatic rings. The predicted molar refractivity (Wildman–Crippen MR) is 123 cm³/mol. The number of esters is 1. The van der Waals surface area contributed by atoms with Gasteiger partial charge in [0.25, 0.3) is 5.91 Å². The maximum Gasteiger partial charge on any atom is 0.340 e. The topological polar surface area (TPSA) is 80.8 Å². The fourth-order valence-electron chi connectivity index (χ4n) is 3.97. The van der Waals surface area contributed by atoms with Gasteiger partial charge < -0.3 is 19.7 Å². The van der Waals surface area contributed by atoms with Crippen LogP contribution in [0.1, 0.15) is 35.0 Å². The molecule has 7 nitrogen and oxygen atoms in total. The Bertz CT molecular complexity index is 1140. The van der Waals surface area contributed by atoms with Gasteiger partial charge in [-0.05, 0) is 43.8 Å². The van der Waals surface area contributed by atoms with Crippen LogP contribution in [0.2, 0.25) is 0 Å². The molecular formula is C25H27N3O4. The van der Waals surface area contributed by atoms with Crippen molar-refractivity contribution in [2.45, 2.75) is 32.4 Å². The first-order chi connectivity index (χ1) is 15.5. The second-order valence-corrected chi connectivity index (χ2v) is 7.94. The third-order valence-corrected chi connectivity index (χ3v) is 5.71. The van der Waals surface area contributed by atoms with E-state index in [-0.39, 0.29) is 5.91 Å². The lowest BCUT2D eigenvalue weighted by Gasteiger charge is -2.27. The minimum Gasteiger partial charge on any atom is -0.497 e. The average Bonchev–Trinajstić information content (AvgIpc) is 2.81. The number of nitrogens with zero attached hydrogens (tertiary/aromatic N) is 2. The summed E-state index contributed by atoms with van der Waals surface area (Å²) < 4.78 is 10.9. The molecule has 0 spiro atoms. The van der Waals surface area contributed by atoms with E-state index >= 15 is 0 Å². The van der Waals surface area contributed by atoms with E-state index in [1.165, 1.54) is 0 Å². The minimum atomic E-state index is -0.909. The quantitative estimate of drug-likeness (QED) is 0.596. The lowest BCUT2D eigenvalue weighted by atomic mass is 9.96. The van der Waals surface area contributed by atoms with E-state index in [0.29, 0.717) is 30.0 Å². The van der Waals surface area contributed by atoms with Gasteiger partial charge in [0.15, 0.2) is 6.10 Å². The van der Waals surface area contributed by atoms with Crippen LogP contribution in [0.3, 0.4) is 0 Å². The van der Waals surface area contributed by atoms with Gasteiger partial charge in [-0.3, -0.25) is 9.78 Å². The highest BCUT2D eigenvalue weighted by molar-refractivity contribution is 6.06. The average molecular weight is 434 g/mol. The van der Waals surface area contributed by atoms with Crippen molar-refractivity contribution in [2.75, 3.05) is 26.0 Å². The first-order valence-corrected chi connectivity index (χ1v) is 10.7. The van der Waals surface area contributed by atoms with Crippen molar-refractivity contribution < 1.29 is 19.1 Å². The van der Waals surface area contributed by atoms with E-state index < -0.39 is 12.1 Å². The Morgan fingerprint density at radius 1 is 1.16 bits per heavy atom. The Labute approximate surface area is 187 Å². The molecule has 2 heterocycles. The van der Waals surface area contributed by atoms with Crippen molar-refractivity contribution in [3.63, 3.8) is 0 Å². The van der Waals surface area contributed by atoms with Crippen molar-refractivity contribution in [3.8, 4) is 5.75 Å². The molecule has 0 radical (unpaired) electrons. The Morgan fingerprint density at radius 2 is 1.91 bits per heavy atom. The van der Waals surface area contributed by atoms with Crippen LogP contribution in [0, 0.1) is 0 Å². The maximum atomic E-state index is 13.4. The smallest absolute Gasteiger partial charge is 0.340 e. The van der Waals surface area contributed by atoms with Crippen molar-refractivity contribution >= 4 is 28.5 Å². The summed E-state index contributed by atoms with van der Waals surface area (Å²) in [6.07, 6.45) is 0.221. The zero-order valence-corrected chi connectivity index (χ0v) is 18.6. The first-order valence-electron chi connectivity index (χ1n) is 10.7. The molecule has 0 bridgehead atoms. The number of carbonyl (C=O) groups excluding carboxylic acids is 2. The Hall–Kier alpha value is -3.45. The van der Waals surface area contributed by atoms with Crippen molar-refractivity contribution in [1.29, 1.82) is 0 Å². The van der Waals surface area contributed by atoms with Crippen LogP contribution in [0.15, 0.2) is 48.5 Å². The van der Waals surface area contributed by atoms with Crippen molar-refractivity contribution in [3.05, 3.63) is 65.4 Å². The number of hydrogen-bond acceptors (Lipinski definition) is 6. The van der Waals surface area contributed by atoms with Crippen LogP contribution in [-0.4, -0.2) is 48.6 Å². The summed E-state index contributed by atoms with van der Waals surface area (Å²) in [5.74, 6) is -0.164. The minimum absolute atomic E-state index is 0.360. The number of ether oxygens (including phenoxy) is 2. The Balaban J connectivity index is 1.60. The highest BCUT2D eigenvalue weighted by Crippen LogP contribution is 2.29. The SMILES string of the molecule is CCC(OC(=O)c1c2c(nc3ccccc13)CCN(C)C2)C(=O)Nc1ccc(OC)cc1. The largest absolute Gasteiger partial charge is 0.497 e. The Morgan fingerprint density at radius 3 is 2.62 bits per heavy atom. The van der Waals surface area contributed by atoms with E-state index in [1.54, 1.807) is 31.4 Å². The van der Waals surface area contributed by atoms with E-state index in [2.05, 4.69) is 10.2 Å². The summed E-state index contributed by atoms with van der Waals surface area (Å²) in [7, 11) is 3.60. The summed E-state index contributed by atoms with van der Waals surface area (Å²) in [4.78, 5) is 33.1. The monoisotopic (exact) mass is 433 g/mol. The normalized spacial score (nSPS) is 14.5. The van der Waals surface area contributed by atoms with Crippen LogP contribution in [0.25, 0.3) is 10.9 Å². The van der Waals surface area contributed by atoms with Gasteiger partial charge in [0.2, 0.25) is 0 Å². The van der Waals surface area contributed by atoms with E-state index in [0.717, 1.165) is 35.1 Å². The molecule has 1 N–H and O–H groups in total. The number of fused-ring (bicyclic) bond motifs is 2. The van der Waals surface area contributed by atoms with Gasteiger partial charge in [0.1, 0.15) is 5.75 Å². The molecule has 1 unspecified atom stereocenters. The molecule has 2 aromatic carbocycles. The number of aromatic nitrogens is 1. The third-order valence-electron chi connectivity index (χ3n) is 5.71. The summed E-state index contributed by atoms with van der Waals surface area (Å²) in [5, 5.41) is 3.56. The standard InChI is InChI=1S/C25H27N3O4/c1-4-22(24(29)26-16-9-11-17(31-3)12-10-16)32-25(30)23-18-7-5-6-8-20(18)27-21-13-14-28(2)15-19(21)23/h5-12,22H,4,13-15H2,1-3H3,(H,26,29). The summed E-state index contributed by atoms with van der Waals surface area (Å²) >= 11 is 0. The van der Waals surface area contributed by atoms with E-state index in [1.807, 2.05) is 38.2 Å². The molecule has 0 aliphatic carbocycles. The zero-order valence-electron chi connectivity index (χ0n) is 18.6. The van der Waals surface area contributed by atoms with Gasteiger partial charge >= 0.3 is 5.97 Å². The first kappa shape index (κ1) is 21.8. The molecule has 32 heavy (non-hydrogen) atoms. The van der Waals surface area contributed by atoms with Crippen molar-refractivity contribution in [1.82, 2.24) is 9.88 Å². The second kappa shape index (κ2) is 9.36. The fraction of sp³-hybridized carbons (Fsp3) is 0.320. The zero-order chi connectivity index (χ0) is 22.7. The molecule has 0 saturated carbocycles. The number of benzene rings is 2.